The van der Waals surface area contributed by atoms with Gasteiger partial charge in [-0.05, 0) is 19.4 Å². The molecule has 5 heteroatoms. The van der Waals surface area contributed by atoms with E-state index in [1.807, 2.05) is 51.2 Å². The third-order valence-electron chi connectivity index (χ3n) is 4.61. The zero-order valence-electron chi connectivity index (χ0n) is 14.7. The Morgan fingerprint density at radius 2 is 1.78 bits per heavy atom. The molecule has 23 heavy (non-hydrogen) atoms. The van der Waals surface area contributed by atoms with Crippen molar-refractivity contribution in [3.63, 3.8) is 0 Å². The molecule has 2 amide bonds. The van der Waals surface area contributed by atoms with E-state index in [-0.39, 0.29) is 24.0 Å². The lowest BCUT2D eigenvalue weighted by atomic mass is 9.74. The number of benzene rings is 1. The van der Waals surface area contributed by atoms with Crippen LogP contribution in [-0.4, -0.2) is 30.0 Å². The first-order valence-electron chi connectivity index (χ1n) is 7.89. The van der Waals surface area contributed by atoms with Crippen molar-refractivity contribution in [1.29, 1.82) is 0 Å². The Morgan fingerprint density at radius 3 is 2.30 bits per heavy atom. The van der Waals surface area contributed by atoms with Crippen LogP contribution in [0.2, 0.25) is 0 Å². The molecule has 3 atom stereocenters. The van der Waals surface area contributed by atoms with Crippen LogP contribution in [0.5, 0.6) is 0 Å². The summed E-state index contributed by atoms with van der Waals surface area (Å²) in [5.74, 6) is -0.583. The Morgan fingerprint density at radius 1 is 1.22 bits per heavy atom. The second kappa shape index (κ2) is 6.06. The largest absolute Gasteiger partial charge is 0.295 e. The second-order valence-electron chi connectivity index (χ2n) is 7.42. The number of carbonyl (C=O) groups excluding carboxylic acids is 2. The van der Waals surface area contributed by atoms with Gasteiger partial charge in [-0.25, -0.2) is 0 Å². The maximum Gasteiger partial charge on any atom is 0.237 e. The Labute approximate surface area is 138 Å². The lowest BCUT2D eigenvalue weighted by Gasteiger charge is -2.33. The number of nitrogens with one attached hydrogen (secondary N) is 1. The van der Waals surface area contributed by atoms with Crippen molar-refractivity contribution in [2.75, 3.05) is 7.05 Å². The lowest BCUT2D eigenvalue weighted by molar-refractivity contribution is -0.145. The van der Waals surface area contributed by atoms with Gasteiger partial charge in [0.05, 0.1) is 17.6 Å². The van der Waals surface area contributed by atoms with Gasteiger partial charge in [0.1, 0.15) is 0 Å². The molecule has 0 aromatic heterocycles. The number of hydrogen-bond donors (Lipinski definition) is 1. The summed E-state index contributed by atoms with van der Waals surface area (Å²) in [6.07, 6.45) is -0.342. The SMILES string of the molecule is C[C@@H]1ON(C)[C@@H](c2ccccc2)[C@@]1(C)C(=O)NC(=O)C(C)(C)C. The van der Waals surface area contributed by atoms with Crippen LogP contribution in [0.25, 0.3) is 0 Å². The first kappa shape index (κ1) is 17.6. The molecule has 1 aromatic rings. The smallest absolute Gasteiger partial charge is 0.237 e. The molecule has 0 unspecified atom stereocenters. The van der Waals surface area contributed by atoms with Crippen LogP contribution in [0, 0.1) is 10.8 Å². The van der Waals surface area contributed by atoms with Gasteiger partial charge in [0.2, 0.25) is 11.8 Å². The zero-order chi connectivity index (χ0) is 17.4. The molecule has 0 aliphatic carbocycles. The Balaban J connectivity index is 2.35. The van der Waals surface area contributed by atoms with Gasteiger partial charge < -0.3 is 0 Å². The van der Waals surface area contributed by atoms with E-state index in [2.05, 4.69) is 5.32 Å². The molecule has 1 aromatic carbocycles. The molecule has 1 N–H and O–H groups in total. The lowest BCUT2D eigenvalue weighted by Crippen LogP contribution is -2.51. The van der Waals surface area contributed by atoms with Crippen molar-refractivity contribution >= 4 is 11.8 Å². The second-order valence-corrected chi connectivity index (χ2v) is 7.42. The number of hydrogen-bond acceptors (Lipinski definition) is 4. The summed E-state index contributed by atoms with van der Waals surface area (Å²) >= 11 is 0. The summed E-state index contributed by atoms with van der Waals surface area (Å²) in [5, 5.41) is 4.28. The predicted octanol–water partition coefficient (Wildman–Crippen LogP) is 2.69. The molecule has 1 saturated heterocycles. The van der Waals surface area contributed by atoms with Crippen LogP contribution in [0.15, 0.2) is 30.3 Å². The molecular weight excluding hydrogens is 292 g/mol. The Hall–Kier alpha value is -1.72. The average Bonchev–Trinajstić information content (AvgIpc) is 2.69. The molecule has 2 rings (SSSR count). The Bertz CT molecular complexity index is 594. The van der Waals surface area contributed by atoms with Crippen molar-refractivity contribution in [2.24, 2.45) is 10.8 Å². The fraction of sp³-hybridized carbons (Fsp3) is 0.556. The van der Waals surface area contributed by atoms with Crippen molar-refractivity contribution in [1.82, 2.24) is 10.4 Å². The summed E-state index contributed by atoms with van der Waals surface area (Å²) in [5.41, 5.74) is -0.500. The minimum atomic E-state index is -0.864. The van der Waals surface area contributed by atoms with Crippen LogP contribution in [0.3, 0.4) is 0 Å². The topological polar surface area (TPSA) is 58.6 Å². The van der Waals surface area contributed by atoms with Gasteiger partial charge in [-0.2, -0.15) is 5.06 Å². The first-order valence-corrected chi connectivity index (χ1v) is 7.89. The number of rotatable bonds is 2. The number of amides is 2. The highest BCUT2D eigenvalue weighted by Crippen LogP contribution is 2.48. The predicted molar refractivity (Wildman–Crippen MR) is 88.2 cm³/mol. The molecule has 0 spiro atoms. The number of imide groups is 1. The van der Waals surface area contributed by atoms with Crippen LogP contribution >= 0.6 is 0 Å². The molecule has 0 saturated carbocycles. The maximum atomic E-state index is 12.9. The number of nitrogens with zero attached hydrogens (tertiary/aromatic N) is 1. The highest BCUT2D eigenvalue weighted by atomic mass is 16.7. The summed E-state index contributed by atoms with van der Waals surface area (Å²) < 4.78 is 0. The Kier molecular flexibility index (Phi) is 4.64. The standard InChI is InChI=1S/C18H26N2O3/c1-12-18(5,16(22)19-15(21)17(2,3)4)14(20(6)23-12)13-10-8-7-9-11-13/h7-12,14H,1-6H3,(H,19,21,22)/t12-,14-,18-/m0/s1. The quantitative estimate of drug-likeness (QED) is 0.911. The molecular formula is C18H26N2O3. The molecule has 5 nitrogen and oxygen atoms in total. The van der Waals surface area contributed by atoms with Gasteiger partial charge in [0.25, 0.3) is 0 Å². The van der Waals surface area contributed by atoms with Crippen LogP contribution in [0.4, 0.5) is 0 Å². The summed E-state index contributed by atoms with van der Waals surface area (Å²) in [6, 6.07) is 9.49. The number of hydroxylamine groups is 2. The third kappa shape index (κ3) is 3.16. The van der Waals surface area contributed by atoms with Crippen molar-refractivity contribution in [3.8, 4) is 0 Å². The van der Waals surface area contributed by atoms with E-state index < -0.39 is 10.8 Å². The van der Waals surface area contributed by atoms with Gasteiger partial charge in [-0.1, -0.05) is 51.1 Å². The molecule has 0 bridgehead atoms. The fourth-order valence-corrected chi connectivity index (χ4v) is 2.95. The van der Waals surface area contributed by atoms with E-state index in [4.69, 9.17) is 4.84 Å². The number of carbonyl (C=O) groups is 2. The van der Waals surface area contributed by atoms with E-state index in [0.717, 1.165) is 5.56 Å². The third-order valence-corrected chi connectivity index (χ3v) is 4.61. The van der Waals surface area contributed by atoms with E-state index >= 15 is 0 Å². The summed E-state index contributed by atoms with van der Waals surface area (Å²) in [6.45, 7) is 9.07. The minimum Gasteiger partial charge on any atom is -0.295 e. The maximum absolute atomic E-state index is 12.9. The highest BCUT2D eigenvalue weighted by molar-refractivity contribution is 6.00. The fourth-order valence-electron chi connectivity index (χ4n) is 2.95. The van der Waals surface area contributed by atoms with Gasteiger partial charge in [-0.3, -0.25) is 19.7 Å². The van der Waals surface area contributed by atoms with Crippen molar-refractivity contribution in [3.05, 3.63) is 35.9 Å². The van der Waals surface area contributed by atoms with Gasteiger partial charge in [0.15, 0.2) is 0 Å². The molecule has 1 aliphatic heterocycles. The van der Waals surface area contributed by atoms with E-state index in [0.29, 0.717) is 0 Å². The van der Waals surface area contributed by atoms with E-state index in [1.54, 1.807) is 25.8 Å². The van der Waals surface area contributed by atoms with E-state index in [1.165, 1.54) is 0 Å². The highest BCUT2D eigenvalue weighted by Gasteiger charge is 2.55. The minimum absolute atomic E-state index is 0.258. The monoisotopic (exact) mass is 318 g/mol. The van der Waals surface area contributed by atoms with Gasteiger partial charge in [0, 0.05) is 12.5 Å². The average molecular weight is 318 g/mol. The van der Waals surface area contributed by atoms with Crippen molar-refractivity contribution in [2.45, 2.75) is 46.8 Å². The molecule has 1 heterocycles. The zero-order valence-corrected chi connectivity index (χ0v) is 14.7. The first-order chi connectivity index (χ1) is 10.6. The molecule has 0 radical (unpaired) electrons. The normalized spacial score (nSPS) is 28.6. The molecule has 1 fully saturated rings. The molecule has 1 aliphatic rings. The molecule has 126 valence electrons. The van der Waals surface area contributed by atoms with Gasteiger partial charge in [-0.15, -0.1) is 0 Å². The van der Waals surface area contributed by atoms with Crippen LogP contribution in [0.1, 0.15) is 46.2 Å². The van der Waals surface area contributed by atoms with Crippen LogP contribution in [-0.2, 0) is 14.4 Å². The van der Waals surface area contributed by atoms with Crippen LogP contribution < -0.4 is 5.32 Å². The van der Waals surface area contributed by atoms with Gasteiger partial charge >= 0.3 is 0 Å². The summed E-state index contributed by atoms with van der Waals surface area (Å²) in [4.78, 5) is 30.9. The summed E-state index contributed by atoms with van der Waals surface area (Å²) in [7, 11) is 1.82. The van der Waals surface area contributed by atoms with E-state index in [9.17, 15) is 9.59 Å². The van der Waals surface area contributed by atoms with Crippen molar-refractivity contribution < 1.29 is 14.4 Å².